The predicted molar refractivity (Wildman–Crippen MR) is 70.1 cm³/mol. The smallest absolute Gasteiger partial charge is 0.343 e. The fraction of sp³-hybridized carbons (Fsp3) is 0.385. The standard InChI is InChI=1S/C13H16O4S/c1-3-18-11(14)9-13(16,12(15)17-2)10-7-5-4-6-8-10/h4-8,16H,3,9H2,1-2H3/t13-/m0/s1. The van der Waals surface area contributed by atoms with Crippen LogP contribution in [0, 0.1) is 0 Å². The number of thioether (sulfide) groups is 1. The maximum atomic E-state index is 11.7. The quantitative estimate of drug-likeness (QED) is 0.824. The molecule has 0 aromatic heterocycles. The second kappa shape index (κ2) is 6.56. The molecular weight excluding hydrogens is 252 g/mol. The highest BCUT2D eigenvalue weighted by atomic mass is 32.2. The van der Waals surface area contributed by atoms with E-state index in [0.29, 0.717) is 11.3 Å². The fourth-order valence-corrected chi connectivity index (χ4v) is 2.23. The highest BCUT2D eigenvalue weighted by Gasteiger charge is 2.41. The van der Waals surface area contributed by atoms with Crippen molar-refractivity contribution in [3.05, 3.63) is 35.9 Å². The number of hydrogen-bond acceptors (Lipinski definition) is 5. The highest BCUT2D eigenvalue weighted by Crippen LogP contribution is 2.28. The van der Waals surface area contributed by atoms with Gasteiger partial charge in [0, 0.05) is 0 Å². The second-order valence-electron chi connectivity index (χ2n) is 3.70. The lowest BCUT2D eigenvalue weighted by atomic mass is 9.91. The van der Waals surface area contributed by atoms with Crippen LogP contribution in [-0.4, -0.2) is 29.1 Å². The zero-order valence-corrected chi connectivity index (χ0v) is 11.2. The van der Waals surface area contributed by atoms with E-state index in [1.54, 1.807) is 30.3 Å². The van der Waals surface area contributed by atoms with Crippen molar-refractivity contribution in [1.82, 2.24) is 0 Å². The van der Waals surface area contributed by atoms with Crippen molar-refractivity contribution in [2.45, 2.75) is 18.9 Å². The van der Waals surface area contributed by atoms with E-state index in [4.69, 9.17) is 0 Å². The van der Waals surface area contributed by atoms with E-state index in [1.807, 2.05) is 6.92 Å². The number of hydrogen-bond donors (Lipinski definition) is 1. The first-order chi connectivity index (χ1) is 8.54. The third-order valence-electron chi connectivity index (χ3n) is 2.48. The largest absolute Gasteiger partial charge is 0.467 e. The maximum absolute atomic E-state index is 11.7. The summed E-state index contributed by atoms with van der Waals surface area (Å²) in [7, 11) is 1.19. The molecule has 1 aromatic carbocycles. The van der Waals surface area contributed by atoms with Crippen molar-refractivity contribution < 1.29 is 19.4 Å². The molecule has 1 atom stereocenters. The van der Waals surface area contributed by atoms with E-state index in [2.05, 4.69) is 4.74 Å². The average molecular weight is 268 g/mol. The van der Waals surface area contributed by atoms with Gasteiger partial charge in [0.1, 0.15) is 0 Å². The Labute approximate surface area is 110 Å². The van der Waals surface area contributed by atoms with Crippen LogP contribution in [0.1, 0.15) is 18.9 Å². The molecule has 1 N–H and O–H groups in total. The molecule has 0 saturated carbocycles. The van der Waals surface area contributed by atoms with Gasteiger partial charge >= 0.3 is 5.97 Å². The number of carbonyl (C=O) groups excluding carboxylic acids is 2. The molecular formula is C13H16O4S. The Morgan fingerprint density at radius 3 is 2.44 bits per heavy atom. The fourth-order valence-electron chi connectivity index (χ4n) is 1.60. The molecule has 5 heteroatoms. The summed E-state index contributed by atoms with van der Waals surface area (Å²) in [5.41, 5.74) is -1.54. The SMILES string of the molecule is CCSC(=O)C[C@@](O)(C(=O)OC)c1ccccc1. The molecule has 0 radical (unpaired) electrons. The summed E-state index contributed by atoms with van der Waals surface area (Å²) < 4.78 is 4.60. The van der Waals surface area contributed by atoms with Gasteiger partial charge in [-0.3, -0.25) is 4.79 Å². The van der Waals surface area contributed by atoms with Gasteiger partial charge in [-0.15, -0.1) is 0 Å². The van der Waals surface area contributed by atoms with Gasteiger partial charge in [0.05, 0.1) is 13.5 Å². The Kier molecular flexibility index (Phi) is 5.37. The number of rotatable bonds is 5. The lowest BCUT2D eigenvalue weighted by Crippen LogP contribution is -2.38. The Bertz CT molecular complexity index is 418. The number of methoxy groups -OCH3 is 1. The van der Waals surface area contributed by atoms with Crippen LogP contribution in [-0.2, 0) is 19.9 Å². The van der Waals surface area contributed by atoms with Crippen LogP contribution in [0.4, 0.5) is 0 Å². The zero-order chi connectivity index (χ0) is 13.6. The summed E-state index contributed by atoms with van der Waals surface area (Å²) in [4.78, 5) is 23.4. The Hall–Kier alpha value is -1.33. The number of carbonyl (C=O) groups is 2. The minimum absolute atomic E-state index is 0.241. The lowest BCUT2D eigenvalue weighted by molar-refractivity contribution is -0.165. The zero-order valence-electron chi connectivity index (χ0n) is 10.4. The molecule has 0 aliphatic rings. The molecule has 0 aliphatic heterocycles. The van der Waals surface area contributed by atoms with E-state index < -0.39 is 11.6 Å². The molecule has 98 valence electrons. The van der Waals surface area contributed by atoms with Crippen molar-refractivity contribution in [2.75, 3.05) is 12.9 Å². The van der Waals surface area contributed by atoms with Crippen LogP contribution >= 0.6 is 11.8 Å². The van der Waals surface area contributed by atoms with E-state index in [-0.39, 0.29) is 11.5 Å². The molecule has 0 fully saturated rings. The van der Waals surface area contributed by atoms with Crippen LogP contribution < -0.4 is 0 Å². The predicted octanol–water partition coefficient (Wildman–Crippen LogP) is 1.72. The minimum atomic E-state index is -1.91. The number of benzene rings is 1. The first-order valence-corrected chi connectivity index (χ1v) is 6.55. The molecule has 18 heavy (non-hydrogen) atoms. The monoisotopic (exact) mass is 268 g/mol. The molecule has 0 heterocycles. The third-order valence-corrected chi connectivity index (χ3v) is 3.23. The van der Waals surface area contributed by atoms with Gasteiger partial charge in [0.15, 0.2) is 10.7 Å². The van der Waals surface area contributed by atoms with Crippen LogP contribution in [0.3, 0.4) is 0 Å². The topological polar surface area (TPSA) is 63.6 Å². The van der Waals surface area contributed by atoms with Gasteiger partial charge in [-0.1, -0.05) is 49.0 Å². The summed E-state index contributed by atoms with van der Waals surface area (Å²) in [6, 6.07) is 8.35. The van der Waals surface area contributed by atoms with Crippen molar-refractivity contribution >= 4 is 22.8 Å². The Morgan fingerprint density at radius 1 is 1.33 bits per heavy atom. The van der Waals surface area contributed by atoms with Crippen LogP contribution in [0.2, 0.25) is 0 Å². The summed E-state index contributed by atoms with van der Waals surface area (Å²) in [5, 5.41) is 10.2. The Morgan fingerprint density at radius 2 is 1.94 bits per heavy atom. The van der Waals surface area contributed by atoms with Crippen LogP contribution in [0.5, 0.6) is 0 Å². The van der Waals surface area contributed by atoms with Gasteiger partial charge < -0.3 is 9.84 Å². The number of esters is 1. The third kappa shape index (κ3) is 3.34. The molecule has 0 bridgehead atoms. The van der Waals surface area contributed by atoms with Crippen molar-refractivity contribution in [2.24, 2.45) is 0 Å². The van der Waals surface area contributed by atoms with E-state index in [1.165, 1.54) is 7.11 Å². The first kappa shape index (κ1) is 14.7. The van der Waals surface area contributed by atoms with Crippen LogP contribution in [0.15, 0.2) is 30.3 Å². The minimum Gasteiger partial charge on any atom is -0.467 e. The molecule has 1 aromatic rings. The number of ether oxygens (including phenoxy) is 1. The summed E-state index contributed by atoms with van der Waals surface area (Å²) >= 11 is 1.07. The average Bonchev–Trinajstić information content (AvgIpc) is 2.38. The normalized spacial score (nSPS) is 13.7. The highest BCUT2D eigenvalue weighted by molar-refractivity contribution is 8.13. The lowest BCUT2D eigenvalue weighted by Gasteiger charge is -2.24. The summed E-state index contributed by atoms with van der Waals surface area (Å²) in [6.07, 6.45) is -0.289. The summed E-state index contributed by atoms with van der Waals surface area (Å²) in [6.45, 7) is 1.84. The van der Waals surface area contributed by atoms with E-state index in [0.717, 1.165) is 11.8 Å². The van der Waals surface area contributed by atoms with Gasteiger partial charge in [0.2, 0.25) is 0 Å². The van der Waals surface area contributed by atoms with Gasteiger partial charge in [0.25, 0.3) is 0 Å². The van der Waals surface area contributed by atoms with Gasteiger partial charge in [-0.2, -0.15) is 0 Å². The molecule has 4 nitrogen and oxygen atoms in total. The summed E-state index contributed by atoms with van der Waals surface area (Å²) in [5.74, 6) is -0.219. The van der Waals surface area contributed by atoms with Gasteiger partial charge in [-0.25, -0.2) is 4.79 Å². The van der Waals surface area contributed by atoms with Crippen molar-refractivity contribution in [3.8, 4) is 0 Å². The van der Waals surface area contributed by atoms with E-state index >= 15 is 0 Å². The molecule has 0 spiro atoms. The molecule has 0 amide bonds. The maximum Gasteiger partial charge on any atom is 0.343 e. The molecule has 1 rings (SSSR count). The van der Waals surface area contributed by atoms with E-state index in [9.17, 15) is 14.7 Å². The number of aliphatic hydroxyl groups is 1. The Balaban J connectivity index is 3.04. The first-order valence-electron chi connectivity index (χ1n) is 5.56. The molecule has 0 saturated heterocycles. The van der Waals surface area contributed by atoms with Crippen molar-refractivity contribution in [3.63, 3.8) is 0 Å². The van der Waals surface area contributed by atoms with Crippen molar-refractivity contribution in [1.29, 1.82) is 0 Å². The van der Waals surface area contributed by atoms with Gasteiger partial charge in [-0.05, 0) is 11.3 Å². The van der Waals surface area contributed by atoms with Crippen LogP contribution in [0.25, 0.3) is 0 Å². The molecule has 0 aliphatic carbocycles. The second-order valence-corrected chi connectivity index (χ2v) is 5.02. The molecule has 0 unspecified atom stereocenters.